The van der Waals surface area contributed by atoms with Crippen LogP contribution in [0.4, 0.5) is 0 Å². The Labute approximate surface area is 214 Å². The molecule has 3 aliphatic carbocycles. The summed E-state index contributed by atoms with van der Waals surface area (Å²) in [6, 6.07) is 3.58. The molecule has 0 aromatic carbocycles. The number of carbonyl (C=O) groups is 2. The van der Waals surface area contributed by atoms with Crippen LogP contribution in [0, 0.1) is 17.3 Å². The van der Waals surface area contributed by atoms with Gasteiger partial charge in [-0.3, -0.25) is 14.5 Å². The monoisotopic (exact) mass is 495 g/mol. The van der Waals surface area contributed by atoms with Crippen molar-refractivity contribution in [1.29, 1.82) is 0 Å². The summed E-state index contributed by atoms with van der Waals surface area (Å²) in [5.74, 6) is 1.92. The molecule has 1 aromatic rings. The van der Waals surface area contributed by atoms with Crippen molar-refractivity contribution in [2.75, 3.05) is 14.2 Å². The first kappa shape index (κ1) is 25.0. The van der Waals surface area contributed by atoms with Crippen molar-refractivity contribution >= 4 is 17.8 Å². The number of nitrogens with one attached hydrogen (secondary N) is 1. The predicted molar refractivity (Wildman–Crippen MR) is 139 cm³/mol. The number of ether oxygens (including phenoxy) is 1. The molecule has 1 spiro atoms. The van der Waals surface area contributed by atoms with Gasteiger partial charge in [-0.1, -0.05) is 44.9 Å². The van der Waals surface area contributed by atoms with Crippen LogP contribution in [-0.4, -0.2) is 53.4 Å². The molecular weight excluding hydrogens is 454 g/mol. The van der Waals surface area contributed by atoms with Gasteiger partial charge >= 0.3 is 0 Å². The average Bonchev–Trinajstić information content (AvgIpc) is 3.49. The molecule has 8 nitrogen and oxygen atoms in total. The number of nitrogens with zero attached hydrogens (tertiary/aromatic N) is 3. The van der Waals surface area contributed by atoms with Crippen molar-refractivity contribution in [1.82, 2.24) is 15.2 Å². The molecule has 0 radical (unpaired) electrons. The van der Waals surface area contributed by atoms with Gasteiger partial charge in [-0.15, -0.1) is 0 Å². The van der Waals surface area contributed by atoms with Crippen LogP contribution in [0.15, 0.2) is 23.3 Å². The van der Waals surface area contributed by atoms with E-state index in [0.717, 1.165) is 51.4 Å². The fourth-order valence-electron chi connectivity index (χ4n) is 7.21. The van der Waals surface area contributed by atoms with E-state index in [1.807, 2.05) is 0 Å². The summed E-state index contributed by atoms with van der Waals surface area (Å²) in [5.41, 5.74) is 6.18. The highest BCUT2D eigenvalue weighted by Crippen LogP contribution is 2.59. The molecule has 3 fully saturated rings. The lowest BCUT2D eigenvalue weighted by molar-refractivity contribution is -0.131. The number of rotatable bonds is 8. The third-order valence-electron chi connectivity index (χ3n) is 9.38. The molecule has 2 unspecified atom stereocenters. The lowest BCUT2D eigenvalue weighted by Crippen LogP contribution is -2.44. The van der Waals surface area contributed by atoms with Crippen molar-refractivity contribution < 1.29 is 14.3 Å². The third kappa shape index (κ3) is 4.96. The maximum atomic E-state index is 13.4. The number of pyridine rings is 1. The number of nitrogens with two attached hydrogens (primary N) is 1. The van der Waals surface area contributed by atoms with E-state index in [1.54, 1.807) is 37.4 Å². The van der Waals surface area contributed by atoms with Gasteiger partial charge in [0.05, 0.1) is 7.11 Å². The molecule has 3 N–H and O–H groups in total. The molecule has 2 heterocycles. The van der Waals surface area contributed by atoms with Crippen LogP contribution < -0.4 is 15.8 Å². The van der Waals surface area contributed by atoms with E-state index in [1.165, 1.54) is 32.1 Å². The fourth-order valence-corrected chi connectivity index (χ4v) is 7.21. The molecule has 1 aromatic heterocycles. The lowest BCUT2D eigenvalue weighted by atomic mass is 9.71. The molecule has 1 aliphatic heterocycles. The van der Waals surface area contributed by atoms with Crippen LogP contribution in [0.5, 0.6) is 5.88 Å². The smallest absolute Gasteiger partial charge is 0.257 e. The minimum atomic E-state index is -0.708. The SMILES string of the molecule is COc1cc(C(=O)NC2CC23CCC[C@H](C[C@@]2(CCC4CCCCC4)N=C(N)N(C)C2=O)C3)ccn1. The first-order valence-electron chi connectivity index (χ1n) is 13.8. The first-order chi connectivity index (χ1) is 17.3. The quantitative estimate of drug-likeness (QED) is 0.565. The Morgan fingerprint density at radius 3 is 2.69 bits per heavy atom. The summed E-state index contributed by atoms with van der Waals surface area (Å²) in [6.45, 7) is 0. The molecule has 0 saturated heterocycles. The van der Waals surface area contributed by atoms with Crippen molar-refractivity contribution in [3.63, 3.8) is 0 Å². The van der Waals surface area contributed by atoms with Crippen LogP contribution in [0.25, 0.3) is 0 Å². The largest absolute Gasteiger partial charge is 0.481 e. The molecule has 0 bridgehead atoms. The van der Waals surface area contributed by atoms with Gasteiger partial charge in [0.15, 0.2) is 5.96 Å². The number of aromatic nitrogens is 1. The summed E-state index contributed by atoms with van der Waals surface area (Å²) in [7, 11) is 3.31. The molecule has 8 heteroatoms. The lowest BCUT2D eigenvalue weighted by Gasteiger charge is -2.36. The second-order valence-electron chi connectivity index (χ2n) is 11.8. The highest BCUT2D eigenvalue weighted by Gasteiger charge is 2.58. The van der Waals surface area contributed by atoms with Gasteiger partial charge in [-0.2, -0.15) is 0 Å². The highest BCUT2D eigenvalue weighted by atomic mass is 16.5. The van der Waals surface area contributed by atoms with E-state index in [0.29, 0.717) is 29.2 Å². The number of amides is 2. The second kappa shape index (κ2) is 10.0. The van der Waals surface area contributed by atoms with Crippen LogP contribution in [-0.2, 0) is 4.79 Å². The van der Waals surface area contributed by atoms with E-state index < -0.39 is 5.54 Å². The van der Waals surface area contributed by atoms with E-state index >= 15 is 0 Å². The molecule has 3 saturated carbocycles. The number of methoxy groups -OCH3 is 1. The van der Waals surface area contributed by atoms with Gasteiger partial charge in [-0.05, 0) is 61.8 Å². The number of aliphatic imine (C=N–C) groups is 1. The summed E-state index contributed by atoms with van der Waals surface area (Å²) >= 11 is 0. The zero-order chi connectivity index (χ0) is 25.3. The van der Waals surface area contributed by atoms with Crippen LogP contribution in [0.1, 0.15) is 93.8 Å². The molecule has 5 rings (SSSR count). The second-order valence-corrected chi connectivity index (χ2v) is 11.8. The molecule has 2 amide bonds. The summed E-state index contributed by atoms with van der Waals surface area (Å²) in [5, 5.41) is 3.25. The molecule has 36 heavy (non-hydrogen) atoms. The number of hydrogen-bond donors (Lipinski definition) is 2. The molecule has 4 aliphatic rings. The average molecular weight is 496 g/mol. The summed E-state index contributed by atoms with van der Waals surface area (Å²) in [6.07, 6.45) is 16.1. The minimum Gasteiger partial charge on any atom is -0.481 e. The van der Waals surface area contributed by atoms with Gasteiger partial charge in [0, 0.05) is 30.9 Å². The molecule has 196 valence electrons. The van der Waals surface area contributed by atoms with Crippen molar-refractivity contribution in [3.8, 4) is 5.88 Å². The van der Waals surface area contributed by atoms with E-state index in [2.05, 4.69) is 10.3 Å². The van der Waals surface area contributed by atoms with Gasteiger partial charge in [-0.25, -0.2) is 9.98 Å². The zero-order valence-corrected chi connectivity index (χ0v) is 21.8. The van der Waals surface area contributed by atoms with Crippen LogP contribution in [0.3, 0.4) is 0 Å². The first-order valence-corrected chi connectivity index (χ1v) is 13.8. The van der Waals surface area contributed by atoms with E-state index in [-0.39, 0.29) is 23.3 Å². The topological polar surface area (TPSA) is 110 Å². The van der Waals surface area contributed by atoms with E-state index in [9.17, 15) is 9.59 Å². The fraction of sp³-hybridized carbons (Fsp3) is 0.714. The Balaban J connectivity index is 1.23. The maximum Gasteiger partial charge on any atom is 0.257 e. The standard InChI is InChI=1S/C28H41N5O3/c1-33-25(35)28(32-26(33)29,13-10-19-7-4-3-5-8-19)17-20-9-6-12-27(16-20)18-22(27)31-24(34)21-11-14-30-23(15-21)36-2/h11,14-15,19-20,22H,3-10,12-13,16-18H2,1-2H3,(H2,29,32)(H,31,34)/t20-,22?,27?,28+/m0/s1. The van der Waals surface area contributed by atoms with Gasteiger partial charge in [0.25, 0.3) is 11.8 Å². The van der Waals surface area contributed by atoms with Crippen LogP contribution in [0.2, 0.25) is 0 Å². The normalized spacial score (nSPS) is 32.4. The van der Waals surface area contributed by atoms with Crippen LogP contribution >= 0.6 is 0 Å². The number of carbonyl (C=O) groups excluding carboxylic acids is 2. The Kier molecular flexibility index (Phi) is 6.97. The molecule has 4 atom stereocenters. The zero-order valence-electron chi connectivity index (χ0n) is 21.8. The van der Waals surface area contributed by atoms with Crippen molar-refractivity contribution in [3.05, 3.63) is 23.9 Å². The number of likely N-dealkylation sites (N-methyl/N-ethyl adjacent to an activating group) is 1. The summed E-state index contributed by atoms with van der Waals surface area (Å²) in [4.78, 5) is 36.8. The predicted octanol–water partition coefficient (Wildman–Crippen LogP) is 4.05. The number of guanidine groups is 1. The van der Waals surface area contributed by atoms with Crippen molar-refractivity contribution in [2.24, 2.45) is 28.0 Å². The Bertz CT molecular complexity index is 1020. The Morgan fingerprint density at radius 2 is 1.97 bits per heavy atom. The Hall–Kier alpha value is -2.64. The highest BCUT2D eigenvalue weighted by molar-refractivity contribution is 6.06. The van der Waals surface area contributed by atoms with Gasteiger partial charge in [0.2, 0.25) is 5.88 Å². The third-order valence-corrected chi connectivity index (χ3v) is 9.38. The molecular formula is C28H41N5O3. The van der Waals surface area contributed by atoms with E-state index in [4.69, 9.17) is 15.5 Å². The van der Waals surface area contributed by atoms with Gasteiger partial charge in [0.1, 0.15) is 5.54 Å². The van der Waals surface area contributed by atoms with Gasteiger partial charge < -0.3 is 15.8 Å². The minimum absolute atomic E-state index is 0.0720. The summed E-state index contributed by atoms with van der Waals surface area (Å²) < 4.78 is 5.16. The maximum absolute atomic E-state index is 13.4. The Morgan fingerprint density at radius 1 is 1.19 bits per heavy atom. The number of hydrogen-bond acceptors (Lipinski definition) is 6. The van der Waals surface area contributed by atoms with Crippen molar-refractivity contribution in [2.45, 2.75) is 95.1 Å².